The summed E-state index contributed by atoms with van der Waals surface area (Å²) < 4.78 is 0. The predicted octanol–water partition coefficient (Wildman–Crippen LogP) is 4.32. The van der Waals surface area contributed by atoms with Gasteiger partial charge in [-0.25, -0.2) is 0 Å². The summed E-state index contributed by atoms with van der Waals surface area (Å²) in [4.78, 5) is 0. The van der Waals surface area contributed by atoms with E-state index in [0.717, 1.165) is 23.8 Å². The number of hydrogen-bond donors (Lipinski definition) is 1. The van der Waals surface area contributed by atoms with Crippen molar-refractivity contribution in [3.63, 3.8) is 0 Å². The number of hydrogen-bond acceptors (Lipinski definition) is 2. The molecule has 0 heterocycles. The van der Waals surface area contributed by atoms with Crippen LogP contribution in [0.4, 0.5) is 0 Å². The molecule has 0 saturated heterocycles. The van der Waals surface area contributed by atoms with Crippen molar-refractivity contribution in [1.29, 1.82) is 0 Å². The van der Waals surface area contributed by atoms with Crippen LogP contribution in [0.2, 0.25) is 0 Å². The lowest BCUT2D eigenvalue weighted by Gasteiger charge is -2.36. The Morgan fingerprint density at radius 1 is 1.06 bits per heavy atom. The van der Waals surface area contributed by atoms with Crippen molar-refractivity contribution in [3.8, 4) is 0 Å². The first-order valence-electron chi connectivity index (χ1n) is 8.14. The summed E-state index contributed by atoms with van der Waals surface area (Å²) in [6, 6.07) is 0.888. The van der Waals surface area contributed by atoms with E-state index in [-0.39, 0.29) is 0 Å². The Morgan fingerprint density at radius 2 is 1.89 bits per heavy atom. The van der Waals surface area contributed by atoms with E-state index >= 15 is 0 Å². The van der Waals surface area contributed by atoms with Gasteiger partial charge in [0.1, 0.15) is 0 Å². The molecule has 2 saturated carbocycles. The highest BCUT2D eigenvalue weighted by Gasteiger charge is 2.30. The van der Waals surface area contributed by atoms with Crippen molar-refractivity contribution in [2.45, 2.75) is 64.8 Å². The maximum atomic E-state index is 3.77. The van der Waals surface area contributed by atoms with Gasteiger partial charge in [0, 0.05) is 6.04 Å². The fourth-order valence-electron chi connectivity index (χ4n) is 3.40. The third kappa shape index (κ3) is 4.77. The SMILES string of the molecule is CCSCCC1CC(CC)CCC1CNC1CC1. The first-order chi connectivity index (χ1) is 8.83. The number of rotatable bonds is 8. The van der Waals surface area contributed by atoms with E-state index < -0.39 is 0 Å². The second-order valence-electron chi connectivity index (χ2n) is 6.28. The van der Waals surface area contributed by atoms with Crippen LogP contribution in [0.25, 0.3) is 0 Å². The summed E-state index contributed by atoms with van der Waals surface area (Å²) in [6.07, 6.45) is 10.2. The van der Waals surface area contributed by atoms with E-state index in [1.165, 1.54) is 63.0 Å². The molecule has 0 radical (unpaired) electrons. The van der Waals surface area contributed by atoms with E-state index in [0.29, 0.717) is 0 Å². The Bertz CT molecular complexity index is 227. The van der Waals surface area contributed by atoms with Crippen LogP contribution in [0.15, 0.2) is 0 Å². The Kier molecular flexibility index (Phi) is 6.37. The average Bonchev–Trinajstić information content (AvgIpc) is 3.21. The molecule has 2 fully saturated rings. The topological polar surface area (TPSA) is 12.0 Å². The summed E-state index contributed by atoms with van der Waals surface area (Å²) in [5.74, 6) is 5.69. The van der Waals surface area contributed by atoms with Crippen LogP contribution in [0.5, 0.6) is 0 Å². The normalized spacial score (nSPS) is 32.7. The summed E-state index contributed by atoms with van der Waals surface area (Å²) >= 11 is 2.13. The smallest absolute Gasteiger partial charge is 0.00683 e. The van der Waals surface area contributed by atoms with Crippen molar-refractivity contribution in [2.75, 3.05) is 18.1 Å². The Hall–Kier alpha value is 0.310. The zero-order valence-corrected chi connectivity index (χ0v) is 13.1. The van der Waals surface area contributed by atoms with Crippen LogP contribution >= 0.6 is 11.8 Å². The largest absolute Gasteiger partial charge is 0.314 e. The van der Waals surface area contributed by atoms with Gasteiger partial charge in [-0.05, 0) is 67.9 Å². The summed E-state index contributed by atoms with van der Waals surface area (Å²) in [5, 5.41) is 3.77. The van der Waals surface area contributed by atoms with Crippen molar-refractivity contribution in [3.05, 3.63) is 0 Å². The molecule has 2 aliphatic carbocycles. The molecule has 0 spiro atoms. The minimum atomic E-state index is 0.888. The highest BCUT2D eigenvalue weighted by atomic mass is 32.2. The summed E-state index contributed by atoms with van der Waals surface area (Å²) in [5.41, 5.74) is 0. The van der Waals surface area contributed by atoms with Crippen molar-refractivity contribution >= 4 is 11.8 Å². The second-order valence-corrected chi connectivity index (χ2v) is 7.67. The molecule has 0 aliphatic heterocycles. The highest BCUT2D eigenvalue weighted by Crippen LogP contribution is 2.38. The third-order valence-electron chi connectivity index (χ3n) is 4.91. The van der Waals surface area contributed by atoms with Crippen LogP contribution < -0.4 is 5.32 Å². The van der Waals surface area contributed by atoms with Gasteiger partial charge < -0.3 is 5.32 Å². The molecule has 1 N–H and O–H groups in total. The molecule has 2 rings (SSSR count). The fraction of sp³-hybridized carbons (Fsp3) is 1.00. The number of thioether (sulfide) groups is 1. The molecular weight excluding hydrogens is 238 g/mol. The lowest BCUT2D eigenvalue weighted by Crippen LogP contribution is -2.34. The van der Waals surface area contributed by atoms with Crippen molar-refractivity contribution in [2.24, 2.45) is 17.8 Å². The summed E-state index contributed by atoms with van der Waals surface area (Å²) in [6.45, 7) is 5.97. The van der Waals surface area contributed by atoms with Crippen LogP contribution in [-0.4, -0.2) is 24.1 Å². The quantitative estimate of drug-likeness (QED) is 0.658. The van der Waals surface area contributed by atoms with Gasteiger partial charge in [0.05, 0.1) is 0 Å². The molecule has 0 aromatic heterocycles. The first kappa shape index (κ1) is 14.7. The average molecular weight is 269 g/mol. The number of nitrogens with one attached hydrogen (secondary N) is 1. The minimum Gasteiger partial charge on any atom is -0.314 e. The van der Waals surface area contributed by atoms with Gasteiger partial charge in [-0.2, -0.15) is 11.8 Å². The second kappa shape index (κ2) is 7.79. The Balaban J connectivity index is 1.75. The van der Waals surface area contributed by atoms with Gasteiger partial charge in [0.25, 0.3) is 0 Å². The van der Waals surface area contributed by atoms with Gasteiger partial charge in [0.2, 0.25) is 0 Å². The first-order valence-corrected chi connectivity index (χ1v) is 9.30. The van der Waals surface area contributed by atoms with E-state index in [2.05, 4.69) is 30.9 Å². The molecule has 2 aliphatic rings. The lowest BCUT2D eigenvalue weighted by molar-refractivity contribution is 0.168. The van der Waals surface area contributed by atoms with Crippen LogP contribution in [0.3, 0.4) is 0 Å². The monoisotopic (exact) mass is 269 g/mol. The maximum Gasteiger partial charge on any atom is 0.00683 e. The van der Waals surface area contributed by atoms with Crippen molar-refractivity contribution in [1.82, 2.24) is 5.32 Å². The van der Waals surface area contributed by atoms with Gasteiger partial charge in [0.15, 0.2) is 0 Å². The van der Waals surface area contributed by atoms with E-state index in [1.54, 1.807) is 0 Å². The molecule has 2 heteroatoms. The van der Waals surface area contributed by atoms with Crippen LogP contribution in [0, 0.1) is 17.8 Å². The lowest BCUT2D eigenvalue weighted by atomic mass is 9.72. The van der Waals surface area contributed by atoms with Crippen LogP contribution in [-0.2, 0) is 0 Å². The van der Waals surface area contributed by atoms with Gasteiger partial charge >= 0.3 is 0 Å². The minimum absolute atomic E-state index is 0.888. The molecule has 0 bridgehead atoms. The molecule has 1 nitrogen and oxygen atoms in total. The zero-order valence-electron chi connectivity index (χ0n) is 12.3. The van der Waals surface area contributed by atoms with E-state index in [1.807, 2.05) is 0 Å². The standard InChI is InChI=1S/C16H31NS/c1-3-13-5-6-15(12-17-16-7-8-16)14(11-13)9-10-18-4-2/h13-17H,3-12H2,1-2H3. The van der Waals surface area contributed by atoms with E-state index in [4.69, 9.17) is 0 Å². The molecule has 3 unspecified atom stereocenters. The molecular formula is C16H31NS. The molecule has 0 aromatic carbocycles. The predicted molar refractivity (Wildman–Crippen MR) is 83.3 cm³/mol. The molecule has 3 atom stereocenters. The molecule has 18 heavy (non-hydrogen) atoms. The van der Waals surface area contributed by atoms with E-state index in [9.17, 15) is 0 Å². The molecule has 0 amide bonds. The molecule has 0 aromatic rings. The van der Waals surface area contributed by atoms with Gasteiger partial charge in [-0.15, -0.1) is 0 Å². The van der Waals surface area contributed by atoms with Gasteiger partial charge in [-0.1, -0.05) is 26.7 Å². The third-order valence-corrected chi connectivity index (χ3v) is 5.84. The maximum absolute atomic E-state index is 3.77. The highest BCUT2D eigenvalue weighted by molar-refractivity contribution is 7.99. The molecule has 106 valence electrons. The zero-order chi connectivity index (χ0) is 12.8. The van der Waals surface area contributed by atoms with Gasteiger partial charge in [-0.3, -0.25) is 0 Å². The Morgan fingerprint density at radius 3 is 2.56 bits per heavy atom. The van der Waals surface area contributed by atoms with Crippen molar-refractivity contribution < 1.29 is 0 Å². The van der Waals surface area contributed by atoms with Crippen LogP contribution in [0.1, 0.15) is 58.8 Å². The Labute approximate surface area is 118 Å². The fourth-order valence-corrected chi connectivity index (χ4v) is 4.16. The summed E-state index contributed by atoms with van der Waals surface area (Å²) in [7, 11) is 0.